The monoisotopic (exact) mass is 344 g/mol. The van der Waals surface area contributed by atoms with Gasteiger partial charge in [-0.1, -0.05) is 6.92 Å². The molecule has 0 radical (unpaired) electrons. The highest BCUT2D eigenvalue weighted by atomic mass is 32.2. The molecule has 0 aliphatic carbocycles. The second-order valence-corrected chi connectivity index (χ2v) is 9.63. The van der Waals surface area contributed by atoms with Crippen LogP contribution in [0.25, 0.3) is 0 Å². The summed E-state index contributed by atoms with van der Waals surface area (Å²) in [4.78, 5) is 12.8. The van der Waals surface area contributed by atoms with E-state index < -0.39 is 10.0 Å². The number of nitrogens with one attached hydrogen (secondary N) is 1. The molecule has 0 spiro atoms. The second-order valence-electron chi connectivity index (χ2n) is 6.29. The molecule has 0 atom stereocenters. The van der Waals surface area contributed by atoms with Crippen molar-refractivity contribution in [2.75, 3.05) is 13.1 Å². The Labute approximate surface area is 136 Å². The van der Waals surface area contributed by atoms with Crippen molar-refractivity contribution in [3.63, 3.8) is 0 Å². The summed E-state index contributed by atoms with van der Waals surface area (Å²) in [6, 6.07) is 3.36. The molecule has 0 bridgehead atoms. The van der Waals surface area contributed by atoms with Crippen molar-refractivity contribution < 1.29 is 13.2 Å². The maximum atomic E-state index is 12.4. The summed E-state index contributed by atoms with van der Waals surface area (Å²) in [7, 11) is -3.37. The van der Waals surface area contributed by atoms with Crippen molar-refractivity contribution >= 4 is 27.3 Å². The van der Waals surface area contributed by atoms with E-state index >= 15 is 0 Å². The Kier molecular flexibility index (Phi) is 5.29. The number of thiophene rings is 1. The third kappa shape index (κ3) is 4.08. The molecule has 0 unspecified atom stereocenters. The molecule has 1 aliphatic rings. The number of hydrogen-bond acceptors (Lipinski definition) is 4. The van der Waals surface area contributed by atoms with Gasteiger partial charge in [-0.2, -0.15) is 4.31 Å². The van der Waals surface area contributed by atoms with Crippen LogP contribution in [0.15, 0.2) is 16.3 Å². The second kappa shape index (κ2) is 6.68. The minimum Gasteiger partial charge on any atom is -0.351 e. The van der Waals surface area contributed by atoms with Gasteiger partial charge in [0.05, 0.1) is 6.42 Å². The van der Waals surface area contributed by atoms with Crippen molar-refractivity contribution in [3.05, 3.63) is 17.0 Å². The van der Waals surface area contributed by atoms with Gasteiger partial charge < -0.3 is 5.32 Å². The van der Waals surface area contributed by atoms with Crippen LogP contribution in [-0.2, 0) is 21.2 Å². The Bertz CT molecular complexity index is 629. The quantitative estimate of drug-likeness (QED) is 0.861. The summed E-state index contributed by atoms with van der Waals surface area (Å²) in [5.41, 5.74) is -0.237. The van der Waals surface area contributed by atoms with E-state index in [1.54, 1.807) is 12.1 Å². The van der Waals surface area contributed by atoms with Gasteiger partial charge in [0.2, 0.25) is 5.91 Å². The first-order valence-corrected chi connectivity index (χ1v) is 9.90. The lowest BCUT2D eigenvalue weighted by Gasteiger charge is -2.24. The van der Waals surface area contributed by atoms with E-state index in [2.05, 4.69) is 5.32 Å². The van der Waals surface area contributed by atoms with Crippen LogP contribution in [0.1, 0.15) is 44.9 Å². The van der Waals surface area contributed by atoms with Crippen molar-refractivity contribution in [2.24, 2.45) is 0 Å². The van der Waals surface area contributed by atoms with Crippen LogP contribution in [0.4, 0.5) is 0 Å². The number of hydrogen-bond donors (Lipinski definition) is 1. The minimum atomic E-state index is -3.37. The van der Waals surface area contributed by atoms with E-state index in [4.69, 9.17) is 0 Å². The lowest BCUT2D eigenvalue weighted by molar-refractivity contribution is -0.122. The Hall–Kier alpha value is -0.920. The Morgan fingerprint density at radius 2 is 1.95 bits per heavy atom. The van der Waals surface area contributed by atoms with E-state index in [1.165, 1.54) is 15.6 Å². The maximum absolute atomic E-state index is 12.4. The highest BCUT2D eigenvalue weighted by Crippen LogP contribution is 2.27. The van der Waals surface area contributed by atoms with Crippen molar-refractivity contribution in [1.82, 2.24) is 9.62 Å². The molecule has 7 heteroatoms. The average molecular weight is 345 g/mol. The van der Waals surface area contributed by atoms with E-state index in [9.17, 15) is 13.2 Å². The van der Waals surface area contributed by atoms with Gasteiger partial charge in [0.15, 0.2) is 0 Å². The molecule has 0 aromatic carbocycles. The summed E-state index contributed by atoms with van der Waals surface area (Å²) in [5.74, 6) is -0.0705. The summed E-state index contributed by atoms with van der Waals surface area (Å²) in [6.45, 7) is 7.17. The maximum Gasteiger partial charge on any atom is 0.252 e. The van der Waals surface area contributed by atoms with E-state index in [0.717, 1.165) is 24.1 Å². The molecule has 1 fully saturated rings. The van der Waals surface area contributed by atoms with Crippen LogP contribution in [0, 0.1) is 0 Å². The Morgan fingerprint density at radius 3 is 2.55 bits per heavy atom. The van der Waals surface area contributed by atoms with Crippen LogP contribution >= 0.6 is 11.3 Å². The molecule has 1 amide bonds. The third-order valence-corrected chi connectivity index (χ3v) is 7.44. The molecule has 2 rings (SSSR count). The first-order chi connectivity index (χ1) is 10.2. The van der Waals surface area contributed by atoms with Crippen LogP contribution in [0.2, 0.25) is 0 Å². The Morgan fingerprint density at radius 1 is 1.32 bits per heavy atom. The SMILES string of the molecule is CCC(C)(C)NC(=O)Cc1ccc(S(=O)(=O)N2CCCC2)s1. The van der Waals surface area contributed by atoms with Gasteiger partial charge in [-0.05, 0) is 45.2 Å². The average Bonchev–Trinajstić information content (AvgIpc) is 3.09. The van der Waals surface area contributed by atoms with E-state index in [1.807, 2.05) is 20.8 Å². The minimum absolute atomic E-state index is 0.0705. The summed E-state index contributed by atoms with van der Waals surface area (Å²) in [5, 5.41) is 2.97. The van der Waals surface area contributed by atoms with Crippen molar-refractivity contribution in [2.45, 2.75) is 56.2 Å². The lowest BCUT2D eigenvalue weighted by atomic mass is 10.0. The predicted octanol–water partition coefficient (Wildman–Crippen LogP) is 2.38. The fourth-order valence-corrected chi connectivity index (χ4v) is 5.34. The summed E-state index contributed by atoms with van der Waals surface area (Å²) >= 11 is 1.20. The van der Waals surface area contributed by atoms with Gasteiger partial charge in [-0.3, -0.25) is 4.79 Å². The predicted molar refractivity (Wildman–Crippen MR) is 88.5 cm³/mol. The Balaban J connectivity index is 2.04. The van der Waals surface area contributed by atoms with Crippen LogP contribution in [0.3, 0.4) is 0 Å². The molecule has 5 nitrogen and oxygen atoms in total. The highest BCUT2D eigenvalue weighted by Gasteiger charge is 2.28. The van der Waals surface area contributed by atoms with E-state index in [-0.39, 0.29) is 17.9 Å². The molecule has 1 aromatic rings. The zero-order valence-corrected chi connectivity index (χ0v) is 15.0. The fraction of sp³-hybridized carbons (Fsp3) is 0.667. The zero-order chi connectivity index (χ0) is 16.4. The van der Waals surface area contributed by atoms with Gasteiger partial charge in [0.1, 0.15) is 4.21 Å². The molecule has 22 heavy (non-hydrogen) atoms. The smallest absolute Gasteiger partial charge is 0.252 e. The fourth-order valence-electron chi connectivity index (χ4n) is 2.32. The number of carbonyl (C=O) groups excluding carboxylic acids is 1. The molecule has 1 aliphatic heterocycles. The molecular formula is C15H24N2O3S2. The van der Waals surface area contributed by atoms with Gasteiger partial charge in [-0.15, -0.1) is 11.3 Å². The topological polar surface area (TPSA) is 66.5 Å². The van der Waals surface area contributed by atoms with Crippen LogP contribution in [0.5, 0.6) is 0 Å². The van der Waals surface area contributed by atoms with Gasteiger partial charge >= 0.3 is 0 Å². The van der Waals surface area contributed by atoms with Gasteiger partial charge in [0, 0.05) is 23.5 Å². The first kappa shape index (κ1) is 17.4. The molecule has 2 heterocycles. The highest BCUT2D eigenvalue weighted by molar-refractivity contribution is 7.91. The number of sulfonamides is 1. The standard InChI is InChI=1S/C15H24N2O3S2/c1-4-15(2,3)16-13(18)11-12-7-8-14(21-12)22(19,20)17-9-5-6-10-17/h7-8H,4-6,9-11H2,1-3H3,(H,16,18). The normalized spacial score (nSPS) is 16.9. The molecule has 1 aromatic heterocycles. The number of nitrogens with zero attached hydrogens (tertiary/aromatic N) is 1. The molecule has 1 N–H and O–H groups in total. The van der Waals surface area contributed by atoms with Gasteiger partial charge in [-0.25, -0.2) is 8.42 Å². The van der Waals surface area contributed by atoms with Crippen LogP contribution < -0.4 is 5.32 Å². The lowest BCUT2D eigenvalue weighted by Crippen LogP contribution is -2.43. The molecule has 124 valence electrons. The van der Waals surface area contributed by atoms with E-state index in [0.29, 0.717) is 17.3 Å². The van der Waals surface area contributed by atoms with Crippen molar-refractivity contribution in [1.29, 1.82) is 0 Å². The van der Waals surface area contributed by atoms with Crippen molar-refractivity contribution in [3.8, 4) is 0 Å². The summed E-state index contributed by atoms with van der Waals surface area (Å²) in [6.07, 6.45) is 2.92. The van der Waals surface area contributed by atoms with Gasteiger partial charge in [0.25, 0.3) is 10.0 Å². The first-order valence-electron chi connectivity index (χ1n) is 7.64. The number of carbonyl (C=O) groups is 1. The largest absolute Gasteiger partial charge is 0.351 e. The summed E-state index contributed by atoms with van der Waals surface area (Å²) < 4.78 is 26.8. The molecular weight excluding hydrogens is 320 g/mol. The molecule has 1 saturated heterocycles. The zero-order valence-electron chi connectivity index (χ0n) is 13.4. The molecule has 0 saturated carbocycles. The number of rotatable bonds is 6. The van der Waals surface area contributed by atoms with Crippen LogP contribution in [-0.4, -0.2) is 37.3 Å². The number of amides is 1. The third-order valence-electron chi connectivity index (χ3n) is 3.99.